The molecule has 0 aromatic carbocycles. The van der Waals surface area contributed by atoms with Gasteiger partial charge in [0.25, 0.3) is 0 Å². The van der Waals surface area contributed by atoms with Crippen LogP contribution in [0, 0.1) is 5.92 Å². The number of amides is 4. The lowest BCUT2D eigenvalue weighted by molar-refractivity contribution is -0.144. The maximum Gasteiger partial charge on any atom is 0.326 e. The van der Waals surface area contributed by atoms with Crippen LogP contribution in [-0.2, 0) is 33.6 Å². The third kappa shape index (κ3) is 10.3. The number of carbonyl (C=O) groups is 7. The van der Waals surface area contributed by atoms with Crippen LogP contribution in [0.4, 0.5) is 0 Å². The quantitative estimate of drug-likeness (QED) is 0.122. The largest absolute Gasteiger partial charge is 0.481 e. The number of carboxylic acids is 3. The van der Waals surface area contributed by atoms with Gasteiger partial charge in [-0.3, -0.25) is 28.8 Å². The Morgan fingerprint density at radius 3 is 2.05 bits per heavy atom. The van der Waals surface area contributed by atoms with Crippen molar-refractivity contribution in [3.8, 4) is 0 Å². The van der Waals surface area contributed by atoms with Gasteiger partial charge in [-0.15, -0.1) is 0 Å². The Balaban J connectivity index is 2.88. The van der Waals surface area contributed by atoms with Crippen LogP contribution < -0.4 is 21.7 Å². The van der Waals surface area contributed by atoms with Crippen LogP contribution in [-0.4, -0.2) is 98.5 Å². The van der Waals surface area contributed by atoms with Crippen molar-refractivity contribution in [3.63, 3.8) is 0 Å². The molecule has 1 saturated heterocycles. The second kappa shape index (κ2) is 14.9. The fourth-order valence-corrected chi connectivity index (χ4v) is 3.94. The van der Waals surface area contributed by atoms with E-state index in [9.17, 15) is 43.8 Å². The molecule has 214 valence electrons. The van der Waals surface area contributed by atoms with Crippen molar-refractivity contribution in [1.82, 2.24) is 20.9 Å². The summed E-state index contributed by atoms with van der Waals surface area (Å²) in [6.07, 6.45) is -0.497. The zero-order chi connectivity index (χ0) is 29.2. The van der Waals surface area contributed by atoms with Gasteiger partial charge in [0.15, 0.2) is 0 Å². The molecule has 0 aromatic rings. The third-order valence-corrected chi connectivity index (χ3v) is 5.91. The summed E-state index contributed by atoms with van der Waals surface area (Å²) in [7, 11) is 0. The molecule has 8 N–H and O–H groups in total. The number of aliphatic carboxylic acids is 3. The first-order valence-corrected chi connectivity index (χ1v) is 12.3. The zero-order valence-corrected chi connectivity index (χ0v) is 21.6. The normalized spacial score (nSPS) is 18.1. The van der Waals surface area contributed by atoms with Gasteiger partial charge >= 0.3 is 17.9 Å². The topological polar surface area (TPSA) is 246 Å². The van der Waals surface area contributed by atoms with Gasteiger partial charge in [0.05, 0.1) is 12.5 Å². The lowest BCUT2D eigenvalue weighted by Crippen LogP contribution is -2.58. The number of likely N-dealkylation sites (tertiary alicyclic amines) is 1. The Bertz CT molecular complexity index is 924. The van der Waals surface area contributed by atoms with E-state index >= 15 is 0 Å². The summed E-state index contributed by atoms with van der Waals surface area (Å²) in [6, 6.07) is -6.23. The van der Waals surface area contributed by atoms with Crippen molar-refractivity contribution < 1.29 is 48.9 Å². The van der Waals surface area contributed by atoms with Gasteiger partial charge in [-0.25, -0.2) is 4.79 Å². The fourth-order valence-electron chi connectivity index (χ4n) is 3.94. The minimum absolute atomic E-state index is 0.0368. The molecule has 15 heteroatoms. The van der Waals surface area contributed by atoms with E-state index in [2.05, 4.69) is 16.0 Å². The Morgan fingerprint density at radius 1 is 0.895 bits per heavy atom. The Morgan fingerprint density at radius 2 is 1.53 bits per heavy atom. The van der Waals surface area contributed by atoms with Crippen LogP contribution in [0.2, 0.25) is 0 Å². The molecule has 0 unspecified atom stereocenters. The SMILES string of the molecule is CC(C)C[C@H](NC(=O)[C@H](C)NC(=O)[C@H](CC(=O)O)NC(=O)[C@@H]1CCCN1C(=O)[C@@H](N)CCC(=O)O)C(=O)O. The van der Waals surface area contributed by atoms with Crippen LogP contribution in [0.1, 0.15) is 59.3 Å². The molecule has 1 aliphatic heterocycles. The molecule has 0 spiro atoms. The summed E-state index contributed by atoms with van der Waals surface area (Å²) in [5, 5.41) is 34.2. The van der Waals surface area contributed by atoms with Crippen molar-refractivity contribution in [3.05, 3.63) is 0 Å². The van der Waals surface area contributed by atoms with Crippen LogP contribution in [0.15, 0.2) is 0 Å². The highest BCUT2D eigenvalue weighted by molar-refractivity contribution is 5.96. The average Bonchev–Trinajstić information content (AvgIpc) is 3.30. The minimum atomic E-state index is -1.60. The molecule has 0 aliphatic carbocycles. The molecule has 0 aromatic heterocycles. The van der Waals surface area contributed by atoms with E-state index in [4.69, 9.17) is 10.8 Å². The molecule has 4 amide bonds. The van der Waals surface area contributed by atoms with Crippen molar-refractivity contribution in [1.29, 1.82) is 0 Å². The second-order valence-corrected chi connectivity index (χ2v) is 9.65. The van der Waals surface area contributed by atoms with Gasteiger partial charge in [-0.1, -0.05) is 13.8 Å². The van der Waals surface area contributed by atoms with Crippen molar-refractivity contribution in [2.75, 3.05) is 6.54 Å². The number of carbonyl (C=O) groups excluding carboxylic acids is 4. The summed E-state index contributed by atoms with van der Waals surface area (Å²) in [4.78, 5) is 85.5. The van der Waals surface area contributed by atoms with Crippen molar-refractivity contribution >= 4 is 41.5 Å². The molecular formula is C23H37N5O10. The summed E-state index contributed by atoms with van der Waals surface area (Å²) in [6.45, 7) is 4.99. The summed E-state index contributed by atoms with van der Waals surface area (Å²) < 4.78 is 0. The van der Waals surface area contributed by atoms with Gasteiger partial charge in [-0.05, 0) is 38.5 Å². The molecule has 15 nitrogen and oxygen atoms in total. The van der Waals surface area contributed by atoms with Crippen LogP contribution in [0.5, 0.6) is 0 Å². The van der Waals surface area contributed by atoms with Crippen LogP contribution in [0.3, 0.4) is 0 Å². The molecule has 1 rings (SSSR count). The molecule has 38 heavy (non-hydrogen) atoms. The van der Waals surface area contributed by atoms with E-state index in [0.29, 0.717) is 6.42 Å². The minimum Gasteiger partial charge on any atom is -0.481 e. The van der Waals surface area contributed by atoms with Gasteiger partial charge in [0.1, 0.15) is 24.2 Å². The zero-order valence-electron chi connectivity index (χ0n) is 21.6. The number of nitrogens with zero attached hydrogens (tertiary/aromatic N) is 1. The van der Waals surface area contributed by atoms with Gasteiger partial charge in [0.2, 0.25) is 23.6 Å². The second-order valence-electron chi connectivity index (χ2n) is 9.65. The first kappa shape index (κ1) is 32.3. The lowest BCUT2D eigenvalue weighted by atomic mass is 10.0. The number of rotatable bonds is 15. The molecule has 1 aliphatic rings. The van der Waals surface area contributed by atoms with E-state index in [1.165, 1.54) is 11.8 Å². The highest BCUT2D eigenvalue weighted by atomic mass is 16.4. The summed E-state index contributed by atoms with van der Waals surface area (Å²) in [5.41, 5.74) is 5.78. The van der Waals surface area contributed by atoms with E-state index in [0.717, 1.165) is 0 Å². The summed E-state index contributed by atoms with van der Waals surface area (Å²) in [5.74, 6) is -7.08. The van der Waals surface area contributed by atoms with Gasteiger partial charge < -0.3 is 41.9 Å². The van der Waals surface area contributed by atoms with Crippen LogP contribution in [0.25, 0.3) is 0 Å². The number of nitrogens with one attached hydrogen (secondary N) is 3. The van der Waals surface area contributed by atoms with Crippen molar-refractivity contribution in [2.45, 2.75) is 89.5 Å². The Kier molecular flexibility index (Phi) is 12.6. The van der Waals surface area contributed by atoms with E-state index in [-0.39, 0.29) is 38.1 Å². The summed E-state index contributed by atoms with van der Waals surface area (Å²) >= 11 is 0. The predicted octanol–water partition coefficient (Wildman–Crippen LogP) is -1.75. The van der Waals surface area contributed by atoms with Gasteiger partial charge in [0, 0.05) is 13.0 Å². The predicted molar refractivity (Wildman–Crippen MR) is 130 cm³/mol. The molecule has 0 saturated carbocycles. The number of hydrogen-bond acceptors (Lipinski definition) is 8. The first-order valence-electron chi connectivity index (χ1n) is 12.3. The number of carboxylic acid groups (broad SMARTS) is 3. The third-order valence-electron chi connectivity index (χ3n) is 5.91. The molecule has 5 atom stereocenters. The van der Waals surface area contributed by atoms with E-state index in [1.54, 1.807) is 13.8 Å². The number of nitrogens with two attached hydrogens (primary N) is 1. The first-order chi connectivity index (χ1) is 17.6. The Hall–Kier alpha value is -3.75. The molecule has 0 bridgehead atoms. The highest BCUT2D eigenvalue weighted by Crippen LogP contribution is 2.19. The lowest BCUT2D eigenvalue weighted by Gasteiger charge is -2.28. The van der Waals surface area contributed by atoms with Gasteiger partial charge in [-0.2, -0.15) is 0 Å². The molecule has 0 radical (unpaired) electrons. The highest BCUT2D eigenvalue weighted by Gasteiger charge is 2.38. The standard InChI is InChI=1S/C23H37N5O10/c1-11(2)9-15(23(37)38)27-19(33)12(3)25-20(34)14(10-18(31)32)26-21(35)16-5-4-8-28(16)22(36)13(24)6-7-17(29)30/h11-16H,4-10,24H2,1-3H3,(H,25,34)(H,26,35)(H,27,33)(H,29,30)(H,31,32)(H,37,38)/t12-,13-,14-,15-,16-/m0/s1. The van der Waals surface area contributed by atoms with Crippen LogP contribution >= 0.6 is 0 Å². The monoisotopic (exact) mass is 543 g/mol. The Labute approximate surface area is 219 Å². The maximum atomic E-state index is 12.9. The maximum absolute atomic E-state index is 12.9. The fraction of sp³-hybridized carbons (Fsp3) is 0.696. The smallest absolute Gasteiger partial charge is 0.326 e. The molecule has 1 heterocycles. The van der Waals surface area contributed by atoms with Crippen molar-refractivity contribution in [2.24, 2.45) is 11.7 Å². The van der Waals surface area contributed by atoms with E-state index in [1.807, 2.05) is 0 Å². The molecular weight excluding hydrogens is 506 g/mol. The van der Waals surface area contributed by atoms with E-state index < -0.39 is 78.2 Å². The number of hydrogen-bond donors (Lipinski definition) is 7. The average molecular weight is 544 g/mol. The molecule has 1 fully saturated rings.